The zero-order chi connectivity index (χ0) is 17.6. The Labute approximate surface area is 149 Å². The molecule has 0 spiro atoms. The van der Waals surface area contributed by atoms with Crippen molar-refractivity contribution in [2.24, 2.45) is 17.6 Å². The normalized spacial score (nSPS) is 24.0. The van der Waals surface area contributed by atoms with E-state index in [4.69, 9.17) is 5.73 Å². The summed E-state index contributed by atoms with van der Waals surface area (Å²) >= 11 is 0. The largest absolute Gasteiger partial charge is 0.327 e. The van der Waals surface area contributed by atoms with Crippen LogP contribution in [0.2, 0.25) is 0 Å². The van der Waals surface area contributed by atoms with Gasteiger partial charge in [-0.1, -0.05) is 31.7 Å². The molecule has 0 unspecified atom stereocenters. The first kappa shape index (κ1) is 17.9. The van der Waals surface area contributed by atoms with Crippen LogP contribution < -0.4 is 16.4 Å². The molecule has 0 bridgehead atoms. The Morgan fingerprint density at radius 2 is 1.68 bits per heavy atom. The van der Waals surface area contributed by atoms with Gasteiger partial charge in [0, 0.05) is 29.8 Å². The first-order valence-electron chi connectivity index (χ1n) is 9.58. The van der Waals surface area contributed by atoms with E-state index >= 15 is 0 Å². The van der Waals surface area contributed by atoms with Gasteiger partial charge >= 0.3 is 0 Å². The molecule has 1 aromatic carbocycles. The third kappa shape index (κ3) is 5.05. The minimum atomic E-state index is -0.00175. The summed E-state index contributed by atoms with van der Waals surface area (Å²) in [6.07, 6.45) is 9.09. The number of benzene rings is 1. The standard InChI is InChI=1S/C20H29N3O2/c21-18-11-4-8-15(18)12-19(24)22-16-9-5-10-17(13-16)23-20(25)14-6-2-1-3-7-14/h5,9-10,13-15,18H,1-4,6-8,11-12,21H2,(H,22,24)(H,23,25)/t15-,18+/m0/s1. The molecule has 2 saturated carbocycles. The number of rotatable bonds is 5. The number of nitrogens with two attached hydrogens (primary N) is 1. The van der Waals surface area contributed by atoms with Gasteiger partial charge in [0.05, 0.1) is 0 Å². The van der Waals surface area contributed by atoms with E-state index in [1.807, 2.05) is 24.3 Å². The molecule has 136 valence electrons. The summed E-state index contributed by atoms with van der Waals surface area (Å²) < 4.78 is 0. The zero-order valence-corrected chi connectivity index (χ0v) is 14.8. The van der Waals surface area contributed by atoms with Gasteiger partial charge in [-0.05, 0) is 49.8 Å². The minimum Gasteiger partial charge on any atom is -0.327 e. The molecule has 2 amide bonds. The van der Waals surface area contributed by atoms with Gasteiger partial charge in [-0.25, -0.2) is 0 Å². The van der Waals surface area contributed by atoms with E-state index in [0.29, 0.717) is 6.42 Å². The first-order chi connectivity index (χ1) is 12.1. The zero-order valence-electron chi connectivity index (χ0n) is 14.8. The van der Waals surface area contributed by atoms with Gasteiger partial charge in [-0.2, -0.15) is 0 Å². The number of amides is 2. The average Bonchev–Trinajstić information content (AvgIpc) is 3.00. The van der Waals surface area contributed by atoms with Crippen LogP contribution in [0.3, 0.4) is 0 Å². The maximum Gasteiger partial charge on any atom is 0.227 e. The van der Waals surface area contributed by atoms with Crippen molar-refractivity contribution in [2.75, 3.05) is 10.6 Å². The van der Waals surface area contributed by atoms with E-state index in [1.165, 1.54) is 6.42 Å². The Morgan fingerprint density at radius 1 is 0.960 bits per heavy atom. The van der Waals surface area contributed by atoms with Crippen LogP contribution in [-0.4, -0.2) is 17.9 Å². The lowest BCUT2D eigenvalue weighted by Crippen LogP contribution is -2.28. The number of hydrogen-bond donors (Lipinski definition) is 3. The van der Waals surface area contributed by atoms with Gasteiger partial charge in [0.1, 0.15) is 0 Å². The second-order valence-corrected chi connectivity index (χ2v) is 7.51. The van der Waals surface area contributed by atoms with Crippen molar-refractivity contribution in [3.63, 3.8) is 0 Å². The predicted molar refractivity (Wildman–Crippen MR) is 100 cm³/mol. The van der Waals surface area contributed by atoms with Crippen LogP contribution in [0.4, 0.5) is 11.4 Å². The number of anilines is 2. The molecule has 5 nitrogen and oxygen atoms in total. The van der Waals surface area contributed by atoms with Crippen molar-refractivity contribution in [1.29, 1.82) is 0 Å². The molecule has 25 heavy (non-hydrogen) atoms. The highest BCUT2D eigenvalue weighted by Gasteiger charge is 2.26. The molecule has 0 aliphatic heterocycles. The summed E-state index contributed by atoms with van der Waals surface area (Å²) in [6.45, 7) is 0. The Hall–Kier alpha value is -1.88. The Balaban J connectivity index is 1.53. The lowest BCUT2D eigenvalue weighted by atomic mass is 9.88. The monoisotopic (exact) mass is 343 g/mol. The van der Waals surface area contributed by atoms with Crippen molar-refractivity contribution < 1.29 is 9.59 Å². The summed E-state index contributed by atoms with van der Waals surface area (Å²) in [6, 6.07) is 7.54. The molecule has 3 rings (SSSR count). The predicted octanol–water partition coefficient (Wildman–Crippen LogP) is 3.66. The van der Waals surface area contributed by atoms with Gasteiger partial charge in [0.2, 0.25) is 11.8 Å². The average molecular weight is 343 g/mol. The highest BCUT2D eigenvalue weighted by molar-refractivity contribution is 5.95. The highest BCUT2D eigenvalue weighted by atomic mass is 16.2. The molecule has 5 heteroatoms. The first-order valence-corrected chi connectivity index (χ1v) is 9.58. The van der Waals surface area contributed by atoms with Gasteiger partial charge < -0.3 is 16.4 Å². The minimum absolute atomic E-state index is 0.00175. The Kier molecular flexibility index (Phi) is 6.08. The second kappa shape index (κ2) is 8.48. The molecular weight excluding hydrogens is 314 g/mol. The SMILES string of the molecule is N[C@@H]1CCC[C@H]1CC(=O)Nc1cccc(NC(=O)C2CCCCC2)c1. The van der Waals surface area contributed by atoms with E-state index in [0.717, 1.165) is 56.3 Å². The third-order valence-electron chi connectivity index (χ3n) is 5.56. The Bertz CT molecular complexity index is 611. The van der Waals surface area contributed by atoms with Crippen LogP contribution in [0.1, 0.15) is 57.8 Å². The van der Waals surface area contributed by atoms with Gasteiger partial charge in [0.15, 0.2) is 0 Å². The van der Waals surface area contributed by atoms with Crippen LogP contribution >= 0.6 is 0 Å². The van der Waals surface area contributed by atoms with Crippen molar-refractivity contribution in [1.82, 2.24) is 0 Å². The van der Waals surface area contributed by atoms with Crippen molar-refractivity contribution in [3.8, 4) is 0 Å². The van der Waals surface area contributed by atoms with Crippen LogP contribution in [0.5, 0.6) is 0 Å². The fourth-order valence-electron chi connectivity index (χ4n) is 4.05. The summed E-state index contributed by atoms with van der Waals surface area (Å²) in [5.74, 6) is 0.503. The molecular formula is C20H29N3O2. The van der Waals surface area contributed by atoms with Gasteiger partial charge in [-0.15, -0.1) is 0 Å². The van der Waals surface area contributed by atoms with Crippen LogP contribution in [0.25, 0.3) is 0 Å². The number of carbonyl (C=O) groups excluding carboxylic acids is 2. The summed E-state index contributed by atoms with van der Waals surface area (Å²) in [5, 5.41) is 5.93. The number of nitrogens with one attached hydrogen (secondary N) is 2. The molecule has 1 aromatic rings. The van der Waals surface area contributed by atoms with Crippen molar-refractivity contribution in [2.45, 2.75) is 63.8 Å². The van der Waals surface area contributed by atoms with E-state index in [-0.39, 0.29) is 29.7 Å². The molecule has 0 saturated heterocycles. The summed E-state index contributed by atoms with van der Waals surface area (Å²) in [7, 11) is 0. The fourth-order valence-corrected chi connectivity index (χ4v) is 4.05. The number of hydrogen-bond acceptors (Lipinski definition) is 3. The second-order valence-electron chi connectivity index (χ2n) is 7.51. The molecule has 4 N–H and O–H groups in total. The topological polar surface area (TPSA) is 84.2 Å². The van der Waals surface area contributed by atoms with Gasteiger partial charge in [-0.3, -0.25) is 9.59 Å². The molecule has 0 aromatic heterocycles. The van der Waals surface area contributed by atoms with Gasteiger partial charge in [0.25, 0.3) is 0 Å². The lowest BCUT2D eigenvalue weighted by molar-refractivity contribution is -0.120. The molecule has 2 aliphatic rings. The quantitative estimate of drug-likeness (QED) is 0.763. The van der Waals surface area contributed by atoms with Crippen molar-refractivity contribution >= 4 is 23.2 Å². The molecule has 2 fully saturated rings. The maximum atomic E-state index is 12.4. The number of carbonyl (C=O) groups is 2. The van der Waals surface area contributed by atoms with E-state index < -0.39 is 0 Å². The van der Waals surface area contributed by atoms with E-state index in [1.54, 1.807) is 0 Å². The highest BCUT2D eigenvalue weighted by Crippen LogP contribution is 2.28. The summed E-state index contributed by atoms with van der Waals surface area (Å²) in [4.78, 5) is 24.6. The molecule has 0 heterocycles. The third-order valence-corrected chi connectivity index (χ3v) is 5.56. The fraction of sp³-hybridized carbons (Fsp3) is 0.600. The van der Waals surface area contributed by atoms with Crippen LogP contribution in [0.15, 0.2) is 24.3 Å². The van der Waals surface area contributed by atoms with Crippen molar-refractivity contribution in [3.05, 3.63) is 24.3 Å². The lowest BCUT2D eigenvalue weighted by Gasteiger charge is -2.21. The summed E-state index contributed by atoms with van der Waals surface area (Å²) in [5.41, 5.74) is 7.50. The van der Waals surface area contributed by atoms with E-state index in [9.17, 15) is 9.59 Å². The molecule has 0 radical (unpaired) electrons. The Morgan fingerprint density at radius 3 is 2.36 bits per heavy atom. The molecule has 2 atom stereocenters. The van der Waals surface area contributed by atoms with Crippen LogP contribution in [-0.2, 0) is 9.59 Å². The maximum absolute atomic E-state index is 12.4. The molecule has 2 aliphatic carbocycles. The smallest absolute Gasteiger partial charge is 0.227 e. The van der Waals surface area contributed by atoms with Crippen LogP contribution in [0, 0.1) is 11.8 Å². The van der Waals surface area contributed by atoms with E-state index in [2.05, 4.69) is 10.6 Å².